The maximum atomic E-state index is 12.4. The molecule has 2 aliphatic rings. The summed E-state index contributed by atoms with van der Waals surface area (Å²) >= 11 is 0. The van der Waals surface area contributed by atoms with Gasteiger partial charge in [-0.15, -0.1) is 10.2 Å². The van der Waals surface area contributed by atoms with Gasteiger partial charge >= 0.3 is 0 Å². The van der Waals surface area contributed by atoms with Crippen LogP contribution in [0.15, 0.2) is 30.6 Å². The van der Waals surface area contributed by atoms with Gasteiger partial charge in [-0.1, -0.05) is 0 Å². The lowest BCUT2D eigenvalue weighted by molar-refractivity contribution is -0.141. The third-order valence-electron chi connectivity index (χ3n) is 4.50. The van der Waals surface area contributed by atoms with E-state index in [4.69, 9.17) is 4.74 Å². The van der Waals surface area contributed by atoms with Gasteiger partial charge in [0.05, 0.1) is 0 Å². The second-order valence-electron chi connectivity index (χ2n) is 6.01. The first-order valence-electron chi connectivity index (χ1n) is 8.30. The van der Waals surface area contributed by atoms with Crippen LogP contribution in [0, 0.1) is 0 Å². The zero-order valence-electron chi connectivity index (χ0n) is 13.4. The number of carbonyl (C=O) groups is 1. The second-order valence-corrected chi connectivity index (χ2v) is 6.01. The Labute approximate surface area is 140 Å². The Balaban J connectivity index is 1.36. The van der Waals surface area contributed by atoms with Crippen molar-refractivity contribution in [3.63, 3.8) is 0 Å². The van der Waals surface area contributed by atoms with E-state index in [2.05, 4.69) is 20.2 Å². The molecule has 126 valence electrons. The highest BCUT2D eigenvalue weighted by molar-refractivity contribution is 5.81. The summed E-state index contributed by atoms with van der Waals surface area (Å²) in [5.41, 5.74) is 0. The smallest absolute Gasteiger partial charge is 0.251 e. The van der Waals surface area contributed by atoms with Crippen LogP contribution in [0.5, 0.6) is 0 Å². The van der Waals surface area contributed by atoms with Crippen molar-refractivity contribution >= 4 is 11.7 Å². The van der Waals surface area contributed by atoms with Gasteiger partial charge in [0.25, 0.3) is 5.91 Å². The Morgan fingerprint density at radius 3 is 2.54 bits per heavy atom. The Morgan fingerprint density at radius 1 is 1.12 bits per heavy atom. The maximum absolute atomic E-state index is 12.4. The maximum Gasteiger partial charge on any atom is 0.251 e. The monoisotopic (exact) mass is 328 g/mol. The molecule has 8 nitrogen and oxygen atoms in total. The van der Waals surface area contributed by atoms with Crippen LogP contribution in [0.1, 0.15) is 12.8 Å². The van der Waals surface area contributed by atoms with Crippen LogP contribution in [0.4, 0.5) is 5.82 Å². The van der Waals surface area contributed by atoms with E-state index >= 15 is 0 Å². The average Bonchev–Trinajstić information content (AvgIpc) is 3.35. The number of carbonyl (C=O) groups excluding carboxylic acids is 1. The third-order valence-corrected chi connectivity index (χ3v) is 4.50. The minimum Gasteiger partial charge on any atom is -0.368 e. The predicted octanol–water partition coefficient (Wildman–Crippen LogP) is 0.490. The van der Waals surface area contributed by atoms with E-state index in [-0.39, 0.29) is 12.0 Å². The molecule has 0 spiro atoms. The minimum atomic E-state index is -0.232. The molecule has 2 aromatic heterocycles. The lowest BCUT2D eigenvalue weighted by Gasteiger charge is -2.36. The van der Waals surface area contributed by atoms with Crippen molar-refractivity contribution in [3.8, 4) is 5.82 Å². The summed E-state index contributed by atoms with van der Waals surface area (Å²) < 4.78 is 7.17. The van der Waals surface area contributed by atoms with Crippen molar-refractivity contribution in [3.05, 3.63) is 30.6 Å². The van der Waals surface area contributed by atoms with Gasteiger partial charge in [-0.25, -0.2) is 4.68 Å². The molecular weight excluding hydrogens is 308 g/mol. The molecule has 24 heavy (non-hydrogen) atoms. The Kier molecular flexibility index (Phi) is 4.12. The standard InChI is InChI=1S/C16H20N6O2/c23-16(13-3-1-12-24-13)21-10-8-20(9-11-21)14-4-5-15(19-18-14)22-7-2-6-17-22/h2,4-7,13H,1,3,8-12H2/t13-/m0/s1. The van der Waals surface area contributed by atoms with E-state index in [9.17, 15) is 4.79 Å². The number of aromatic nitrogens is 4. The molecule has 2 aliphatic heterocycles. The van der Waals surface area contributed by atoms with E-state index < -0.39 is 0 Å². The van der Waals surface area contributed by atoms with Gasteiger partial charge in [0.15, 0.2) is 11.6 Å². The SMILES string of the molecule is O=C([C@@H]1CCCO1)N1CCN(c2ccc(-n3cccn3)nn2)CC1. The lowest BCUT2D eigenvalue weighted by Crippen LogP contribution is -2.51. The van der Waals surface area contributed by atoms with E-state index in [0.717, 1.165) is 31.7 Å². The van der Waals surface area contributed by atoms with Crippen LogP contribution in [-0.2, 0) is 9.53 Å². The first kappa shape index (κ1) is 15.1. The highest BCUT2D eigenvalue weighted by Gasteiger charge is 2.30. The van der Waals surface area contributed by atoms with Crippen LogP contribution in [-0.4, -0.2) is 69.7 Å². The summed E-state index contributed by atoms with van der Waals surface area (Å²) in [5.74, 6) is 1.65. The molecule has 4 rings (SSSR count). The van der Waals surface area contributed by atoms with E-state index in [1.807, 2.05) is 29.3 Å². The van der Waals surface area contributed by atoms with E-state index in [1.54, 1.807) is 10.9 Å². The second kappa shape index (κ2) is 6.56. The van der Waals surface area contributed by atoms with Gasteiger partial charge in [0.1, 0.15) is 6.10 Å². The fourth-order valence-corrected chi connectivity index (χ4v) is 3.15. The number of hydrogen-bond acceptors (Lipinski definition) is 6. The summed E-state index contributed by atoms with van der Waals surface area (Å²) in [6.45, 7) is 3.61. The summed E-state index contributed by atoms with van der Waals surface area (Å²) in [5, 5.41) is 12.7. The van der Waals surface area contributed by atoms with E-state index in [1.165, 1.54) is 0 Å². The molecule has 0 aliphatic carbocycles. The minimum absolute atomic E-state index is 0.132. The Morgan fingerprint density at radius 2 is 1.92 bits per heavy atom. The quantitative estimate of drug-likeness (QED) is 0.816. The summed E-state index contributed by atoms with van der Waals surface area (Å²) in [4.78, 5) is 16.4. The van der Waals surface area contributed by atoms with Gasteiger partial charge in [-0.2, -0.15) is 5.10 Å². The summed E-state index contributed by atoms with van der Waals surface area (Å²) in [6.07, 6.45) is 5.14. The third kappa shape index (κ3) is 2.96. The molecule has 0 bridgehead atoms. The van der Waals surface area contributed by atoms with Crippen LogP contribution in [0.2, 0.25) is 0 Å². The number of ether oxygens (including phenoxy) is 1. The lowest BCUT2D eigenvalue weighted by atomic mass is 10.2. The van der Waals surface area contributed by atoms with Gasteiger partial charge in [-0.3, -0.25) is 4.79 Å². The number of anilines is 1. The first-order valence-corrected chi connectivity index (χ1v) is 8.30. The fourth-order valence-electron chi connectivity index (χ4n) is 3.15. The Bertz CT molecular complexity index is 673. The van der Waals surface area contributed by atoms with Gasteiger partial charge in [0, 0.05) is 45.2 Å². The average molecular weight is 328 g/mol. The summed E-state index contributed by atoms with van der Waals surface area (Å²) in [7, 11) is 0. The number of piperazine rings is 1. The van der Waals surface area contributed by atoms with Crippen molar-refractivity contribution in [2.45, 2.75) is 18.9 Å². The molecule has 4 heterocycles. The van der Waals surface area contributed by atoms with Crippen LogP contribution >= 0.6 is 0 Å². The van der Waals surface area contributed by atoms with E-state index in [0.29, 0.717) is 25.5 Å². The molecule has 8 heteroatoms. The molecular formula is C16H20N6O2. The fraction of sp³-hybridized carbons (Fsp3) is 0.500. The highest BCUT2D eigenvalue weighted by Crippen LogP contribution is 2.18. The van der Waals surface area contributed by atoms with Crippen LogP contribution in [0.3, 0.4) is 0 Å². The van der Waals surface area contributed by atoms with Gasteiger partial charge in [-0.05, 0) is 31.0 Å². The van der Waals surface area contributed by atoms with Crippen molar-refractivity contribution < 1.29 is 9.53 Å². The molecule has 2 fully saturated rings. The number of amides is 1. The first-order chi connectivity index (χ1) is 11.8. The van der Waals surface area contributed by atoms with Crippen molar-refractivity contribution in [2.24, 2.45) is 0 Å². The molecule has 0 saturated carbocycles. The van der Waals surface area contributed by atoms with Crippen molar-refractivity contribution in [1.29, 1.82) is 0 Å². The molecule has 1 atom stereocenters. The zero-order valence-corrected chi connectivity index (χ0v) is 13.4. The topological polar surface area (TPSA) is 76.4 Å². The number of rotatable bonds is 3. The molecule has 0 aromatic carbocycles. The molecule has 0 radical (unpaired) electrons. The van der Waals surface area contributed by atoms with Crippen LogP contribution < -0.4 is 4.90 Å². The predicted molar refractivity (Wildman–Crippen MR) is 86.9 cm³/mol. The van der Waals surface area contributed by atoms with Crippen molar-refractivity contribution in [2.75, 3.05) is 37.7 Å². The van der Waals surface area contributed by atoms with Gasteiger partial charge in [0.2, 0.25) is 0 Å². The molecule has 0 unspecified atom stereocenters. The molecule has 1 amide bonds. The molecule has 2 saturated heterocycles. The highest BCUT2D eigenvalue weighted by atomic mass is 16.5. The molecule has 0 N–H and O–H groups in total. The van der Waals surface area contributed by atoms with Crippen molar-refractivity contribution in [1.82, 2.24) is 24.9 Å². The van der Waals surface area contributed by atoms with Crippen LogP contribution in [0.25, 0.3) is 5.82 Å². The number of hydrogen-bond donors (Lipinski definition) is 0. The summed E-state index contributed by atoms with van der Waals surface area (Å²) in [6, 6.07) is 5.70. The largest absolute Gasteiger partial charge is 0.368 e. The Hall–Kier alpha value is -2.48. The normalized spacial score (nSPS) is 21.2. The van der Waals surface area contributed by atoms with Gasteiger partial charge < -0.3 is 14.5 Å². The zero-order chi connectivity index (χ0) is 16.4. The number of nitrogens with zero attached hydrogens (tertiary/aromatic N) is 6. The molecule has 2 aromatic rings.